The van der Waals surface area contributed by atoms with Crippen LogP contribution in [0.25, 0.3) is 0 Å². The van der Waals surface area contributed by atoms with Gasteiger partial charge in [0.25, 0.3) is 0 Å². The van der Waals surface area contributed by atoms with E-state index >= 15 is 0 Å². The van der Waals surface area contributed by atoms with Gasteiger partial charge in [0.05, 0.1) is 0 Å². The van der Waals surface area contributed by atoms with Crippen LogP contribution in [0.15, 0.2) is 0 Å². The van der Waals surface area contributed by atoms with E-state index in [1.807, 2.05) is 0 Å². The Hall–Kier alpha value is 0.495. The van der Waals surface area contributed by atoms with Crippen LogP contribution in [0.4, 0.5) is 0 Å². The zero-order valence-corrected chi connectivity index (χ0v) is 6.42. The maximum atomic E-state index is 5.59. The Morgan fingerprint density at radius 3 is 2.12 bits per heavy atom. The lowest BCUT2D eigenvalue weighted by molar-refractivity contribution is 0.515. The minimum absolute atomic E-state index is 0.288. The van der Waals surface area contributed by atoms with Gasteiger partial charge in [-0.3, -0.25) is 8.46 Å². The first-order valence-electron chi connectivity index (χ1n) is 3.48. The average Bonchev–Trinajstić information content (AvgIpc) is 1.90. The van der Waals surface area contributed by atoms with Crippen molar-refractivity contribution in [3.8, 4) is 0 Å². The third kappa shape index (κ3) is 1.78. The first-order chi connectivity index (χ1) is 3.93. The van der Waals surface area contributed by atoms with Gasteiger partial charge in [-0.15, -0.1) is 0 Å². The molecular formula is C6H13BP. The Kier molecular flexibility index (Phi) is 2.90. The lowest BCUT2D eigenvalue weighted by Gasteiger charge is -2.19. The lowest BCUT2D eigenvalue weighted by Crippen LogP contribution is -2.05. The van der Waals surface area contributed by atoms with E-state index in [1.54, 1.807) is 0 Å². The molecule has 0 spiro atoms. The highest BCUT2D eigenvalue weighted by Crippen LogP contribution is 2.29. The van der Waals surface area contributed by atoms with Crippen molar-refractivity contribution in [1.29, 1.82) is 0 Å². The van der Waals surface area contributed by atoms with Gasteiger partial charge in [-0.25, -0.2) is 0 Å². The first kappa shape index (κ1) is 6.61. The van der Waals surface area contributed by atoms with E-state index in [-0.39, 0.29) is 8.46 Å². The van der Waals surface area contributed by atoms with Crippen molar-refractivity contribution in [2.24, 2.45) is 0 Å². The van der Waals surface area contributed by atoms with E-state index in [0.29, 0.717) is 0 Å². The van der Waals surface area contributed by atoms with Crippen molar-refractivity contribution in [2.75, 3.05) is 0 Å². The first-order valence-corrected chi connectivity index (χ1v) is 4.82. The van der Waals surface area contributed by atoms with Crippen LogP contribution < -0.4 is 0 Å². The largest absolute Gasteiger partial charge is 0.313 e. The fourth-order valence-electron chi connectivity index (χ4n) is 1.33. The summed E-state index contributed by atoms with van der Waals surface area (Å²) in [6, 6.07) is 0. The second-order valence-corrected chi connectivity index (χ2v) is 3.92. The summed E-state index contributed by atoms with van der Waals surface area (Å²) in [5.74, 6) is 0. The third-order valence-electron chi connectivity index (χ3n) is 1.92. The van der Waals surface area contributed by atoms with E-state index < -0.39 is 0 Å². The minimum atomic E-state index is 0.288. The summed E-state index contributed by atoms with van der Waals surface area (Å²) >= 11 is 0. The van der Waals surface area contributed by atoms with Gasteiger partial charge in [-0.2, -0.15) is 0 Å². The molecule has 0 N–H and O–H groups in total. The van der Waals surface area contributed by atoms with E-state index in [2.05, 4.69) is 0 Å². The highest BCUT2D eigenvalue weighted by atomic mass is 31.1. The molecule has 1 atom stereocenters. The summed E-state index contributed by atoms with van der Waals surface area (Å²) in [5, 5.41) is 0. The molecule has 1 rings (SSSR count). The van der Waals surface area contributed by atoms with Crippen molar-refractivity contribution < 1.29 is 0 Å². The quantitative estimate of drug-likeness (QED) is 0.372. The Labute approximate surface area is 54.6 Å². The molecule has 0 aromatic carbocycles. The topological polar surface area (TPSA) is 0 Å². The molecule has 0 heterocycles. The maximum absolute atomic E-state index is 5.59. The SMILES string of the molecule is [B-][PH2+]C1CCCCC1. The van der Waals surface area contributed by atoms with Crippen LogP contribution in [0.5, 0.6) is 0 Å². The molecule has 0 aliphatic heterocycles. The summed E-state index contributed by atoms with van der Waals surface area (Å²) in [7, 11) is 5.87. The second-order valence-electron chi connectivity index (χ2n) is 2.59. The third-order valence-corrected chi connectivity index (χ3v) is 3.13. The fraction of sp³-hybridized carbons (Fsp3) is 1.00. The Morgan fingerprint density at radius 1 is 1.12 bits per heavy atom. The lowest BCUT2D eigenvalue weighted by atomic mass is 10.0. The molecule has 0 bridgehead atoms. The molecule has 8 heavy (non-hydrogen) atoms. The molecule has 0 nitrogen and oxygen atoms in total. The number of hydrogen-bond acceptors (Lipinski definition) is 0. The van der Waals surface area contributed by atoms with Crippen LogP contribution in [-0.4, -0.2) is 13.2 Å². The number of rotatable bonds is 1. The summed E-state index contributed by atoms with van der Waals surface area (Å²) < 4.78 is 0. The predicted octanol–water partition coefficient (Wildman–Crippen LogP) is 1.81. The highest BCUT2D eigenvalue weighted by molar-refractivity contribution is 7.66. The van der Waals surface area contributed by atoms with Crippen LogP contribution in [0.2, 0.25) is 0 Å². The van der Waals surface area contributed by atoms with Gasteiger partial charge in [-0.05, 0) is 25.7 Å². The van der Waals surface area contributed by atoms with Crippen LogP contribution in [0.3, 0.4) is 0 Å². The fourth-order valence-corrected chi connectivity index (χ4v) is 2.18. The zero-order valence-electron chi connectivity index (χ0n) is 5.27. The van der Waals surface area contributed by atoms with Crippen molar-refractivity contribution in [2.45, 2.75) is 37.8 Å². The van der Waals surface area contributed by atoms with Crippen molar-refractivity contribution in [3.63, 3.8) is 0 Å². The number of hydrogen-bond donors (Lipinski definition) is 0. The van der Waals surface area contributed by atoms with E-state index in [4.69, 9.17) is 7.57 Å². The molecule has 1 aliphatic carbocycles. The standard InChI is InChI=1S/C6H13BP/c7-8-6-4-2-1-3-5-6/h6H,1-5,8H2. The van der Waals surface area contributed by atoms with Crippen molar-refractivity contribution >= 4 is 16.0 Å². The van der Waals surface area contributed by atoms with Crippen molar-refractivity contribution in [3.05, 3.63) is 0 Å². The van der Waals surface area contributed by atoms with Crippen LogP contribution in [-0.2, 0) is 0 Å². The molecule has 1 aliphatic rings. The van der Waals surface area contributed by atoms with Gasteiger partial charge in [0, 0.05) is 5.66 Å². The molecule has 45 valence electrons. The molecule has 0 amide bonds. The molecule has 0 aromatic heterocycles. The van der Waals surface area contributed by atoms with Gasteiger partial charge >= 0.3 is 0 Å². The molecule has 0 aromatic rings. The van der Waals surface area contributed by atoms with Gasteiger partial charge in [0.15, 0.2) is 0 Å². The summed E-state index contributed by atoms with van der Waals surface area (Å²) in [6.45, 7) is 0. The van der Waals surface area contributed by atoms with Crippen LogP contribution in [0.1, 0.15) is 32.1 Å². The average molecular weight is 127 g/mol. The minimum Gasteiger partial charge on any atom is -0.313 e. The highest BCUT2D eigenvalue weighted by Gasteiger charge is 2.09. The van der Waals surface area contributed by atoms with Crippen LogP contribution >= 0.6 is 8.46 Å². The second kappa shape index (κ2) is 3.51. The normalized spacial score (nSPS) is 25.1. The molecule has 2 heteroatoms. The summed E-state index contributed by atoms with van der Waals surface area (Å²) in [6.07, 6.45) is 7.18. The van der Waals surface area contributed by atoms with E-state index in [1.165, 1.54) is 32.1 Å². The van der Waals surface area contributed by atoms with Crippen LogP contribution in [0, 0.1) is 0 Å². The van der Waals surface area contributed by atoms with Gasteiger partial charge in [0.2, 0.25) is 0 Å². The predicted molar refractivity (Wildman–Crippen MR) is 42.3 cm³/mol. The van der Waals surface area contributed by atoms with Gasteiger partial charge in [0.1, 0.15) is 0 Å². The van der Waals surface area contributed by atoms with E-state index in [0.717, 1.165) is 5.66 Å². The Balaban J connectivity index is 2.13. The van der Waals surface area contributed by atoms with Gasteiger partial charge in [-0.1, -0.05) is 6.42 Å². The van der Waals surface area contributed by atoms with E-state index in [9.17, 15) is 0 Å². The molecule has 1 fully saturated rings. The molecule has 0 saturated heterocycles. The Morgan fingerprint density at radius 2 is 1.75 bits per heavy atom. The van der Waals surface area contributed by atoms with Gasteiger partial charge < -0.3 is 7.57 Å². The Bertz CT molecular complexity index is 59.5. The zero-order chi connectivity index (χ0) is 5.82. The molecule has 1 saturated carbocycles. The summed E-state index contributed by atoms with van der Waals surface area (Å²) in [5.41, 5.74) is 0.948. The monoisotopic (exact) mass is 127 g/mol. The van der Waals surface area contributed by atoms with Crippen molar-refractivity contribution in [1.82, 2.24) is 0 Å². The summed E-state index contributed by atoms with van der Waals surface area (Å²) in [4.78, 5) is 0. The smallest absolute Gasteiger partial charge is 0.0180 e. The molecule has 1 unspecified atom stereocenters. The maximum Gasteiger partial charge on any atom is 0.0180 e. The molecule has 3 radical (unpaired) electrons. The molecular weight excluding hydrogens is 114 g/mol.